The standard InChI is InChI=1S/C12H22N4O3S/c1-3-5-10-11(16(18)19)12(15(2)14-10)13-6-9-20-8-4-7-17/h13,17H,3-9H2,1-2H3. The normalized spacial score (nSPS) is 10.8. The molecule has 0 saturated heterocycles. The highest BCUT2D eigenvalue weighted by atomic mass is 32.2. The molecule has 0 radical (unpaired) electrons. The first-order valence-electron chi connectivity index (χ1n) is 6.74. The SMILES string of the molecule is CCCc1nn(C)c(NCCSCCCO)c1[N+](=O)[O-]. The Bertz CT molecular complexity index is 437. The molecule has 0 fully saturated rings. The van der Waals surface area contributed by atoms with E-state index in [1.54, 1.807) is 23.5 Å². The summed E-state index contributed by atoms with van der Waals surface area (Å²) in [4.78, 5) is 10.8. The molecule has 1 aromatic heterocycles. The van der Waals surface area contributed by atoms with Gasteiger partial charge in [-0.25, -0.2) is 4.68 Å². The van der Waals surface area contributed by atoms with E-state index in [1.165, 1.54) is 0 Å². The molecule has 20 heavy (non-hydrogen) atoms. The van der Waals surface area contributed by atoms with Crippen LogP contribution in [-0.4, -0.2) is 44.5 Å². The molecule has 0 bridgehead atoms. The molecule has 0 atom stereocenters. The zero-order chi connectivity index (χ0) is 15.0. The van der Waals surface area contributed by atoms with Crippen LogP contribution in [0.4, 0.5) is 11.5 Å². The van der Waals surface area contributed by atoms with Gasteiger partial charge in [-0.3, -0.25) is 10.1 Å². The lowest BCUT2D eigenvalue weighted by atomic mass is 10.2. The van der Waals surface area contributed by atoms with Crippen LogP contribution in [0.2, 0.25) is 0 Å². The number of nitrogens with zero attached hydrogens (tertiary/aromatic N) is 3. The topological polar surface area (TPSA) is 93.2 Å². The minimum Gasteiger partial charge on any atom is -0.396 e. The Morgan fingerprint density at radius 3 is 2.85 bits per heavy atom. The summed E-state index contributed by atoms with van der Waals surface area (Å²) in [5.74, 6) is 2.21. The van der Waals surface area contributed by atoms with Crippen molar-refractivity contribution in [1.82, 2.24) is 9.78 Å². The third kappa shape index (κ3) is 4.68. The summed E-state index contributed by atoms with van der Waals surface area (Å²) in [6.45, 7) is 2.82. The predicted molar refractivity (Wildman–Crippen MR) is 81.4 cm³/mol. The van der Waals surface area contributed by atoms with Crippen LogP contribution in [0.5, 0.6) is 0 Å². The maximum atomic E-state index is 11.2. The average Bonchev–Trinajstić information content (AvgIpc) is 2.70. The van der Waals surface area contributed by atoms with Crippen LogP contribution in [-0.2, 0) is 13.5 Å². The van der Waals surface area contributed by atoms with E-state index in [0.717, 1.165) is 24.3 Å². The summed E-state index contributed by atoms with van der Waals surface area (Å²) >= 11 is 1.71. The van der Waals surface area contributed by atoms with Gasteiger partial charge in [0.15, 0.2) is 0 Å². The number of aryl methyl sites for hydroxylation is 2. The van der Waals surface area contributed by atoms with Gasteiger partial charge in [0.2, 0.25) is 5.82 Å². The molecule has 0 saturated carbocycles. The Labute approximate surface area is 122 Å². The molecular formula is C12H22N4O3S. The highest BCUT2D eigenvalue weighted by Crippen LogP contribution is 2.28. The van der Waals surface area contributed by atoms with Gasteiger partial charge >= 0.3 is 5.69 Å². The number of aromatic nitrogens is 2. The van der Waals surface area contributed by atoms with Crippen LogP contribution in [0.3, 0.4) is 0 Å². The monoisotopic (exact) mass is 302 g/mol. The second-order valence-corrected chi connectivity index (χ2v) is 5.62. The number of hydrogen-bond donors (Lipinski definition) is 2. The predicted octanol–water partition coefficient (Wildman–Crippen LogP) is 1.81. The van der Waals surface area contributed by atoms with E-state index in [4.69, 9.17) is 5.11 Å². The van der Waals surface area contributed by atoms with Crippen molar-refractivity contribution in [3.8, 4) is 0 Å². The molecular weight excluding hydrogens is 280 g/mol. The lowest BCUT2D eigenvalue weighted by Crippen LogP contribution is -2.10. The molecule has 7 nitrogen and oxygen atoms in total. The highest BCUT2D eigenvalue weighted by Gasteiger charge is 2.25. The first-order valence-corrected chi connectivity index (χ1v) is 7.90. The van der Waals surface area contributed by atoms with Gasteiger partial charge in [-0.2, -0.15) is 16.9 Å². The molecule has 0 aromatic carbocycles. The Kier molecular flexibility index (Phi) is 7.38. The number of thioether (sulfide) groups is 1. The van der Waals surface area contributed by atoms with Crippen LogP contribution >= 0.6 is 11.8 Å². The summed E-state index contributed by atoms with van der Waals surface area (Å²) in [6.07, 6.45) is 2.21. The summed E-state index contributed by atoms with van der Waals surface area (Å²) in [5, 5.41) is 27.2. The van der Waals surface area contributed by atoms with Crippen LogP contribution < -0.4 is 5.32 Å². The smallest absolute Gasteiger partial charge is 0.333 e. The van der Waals surface area contributed by atoms with E-state index in [9.17, 15) is 10.1 Å². The maximum Gasteiger partial charge on any atom is 0.333 e. The van der Waals surface area contributed by atoms with Gasteiger partial charge < -0.3 is 10.4 Å². The summed E-state index contributed by atoms with van der Waals surface area (Å²) < 4.78 is 1.54. The number of aliphatic hydroxyl groups excluding tert-OH is 1. The van der Waals surface area contributed by atoms with Crippen molar-refractivity contribution in [3.05, 3.63) is 15.8 Å². The van der Waals surface area contributed by atoms with Crippen LogP contribution in [0, 0.1) is 10.1 Å². The number of aliphatic hydroxyl groups is 1. The summed E-state index contributed by atoms with van der Waals surface area (Å²) in [5.41, 5.74) is 0.630. The van der Waals surface area contributed by atoms with Crippen molar-refractivity contribution in [3.63, 3.8) is 0 Å². The first-order chi connectivity index (χ1) is 9.61. The van der Waals surface area contributed by atoms with E-state index in [1.807, 2.05) is 6.92 Å². The lowest BCUT2D eigenvalue weighted by Gasteiger charge is -2.05. The molecule has 1 rings (SSSR count). The van der Waals surface area contributed by atoms with Crippen molar-refractivity contribution < 1.29 is 10.0 Å². The van der Waals surface area contributed by atoms with E-state index in [-0.39, 0.29) is 17.2 Å². The van der Waals surface area contributed by atoms with Gasteiger partial charge in [-0.05, 0) is 18.6 Å². The summed E-state index contributed by atoms with van der Waals surface area (Å²) in [6, 6.07) is 0. The minimum atomic E-state index is -0.362. The van der Waals surface area contributed by atoms with Crippen molar-refractivity contribution in [1.29, 1.82) is 0 Å². The van der Waals surface area contributed by atoms with Crippen molar-refractivity contribution in [2.45, 2.75) is 26.2 Å². The van der Waals surface area contributed by atoms with E-state index >= 15 is 0 Å². The molecule has 114 valence electrons. The lowest BCUT2D eigenvalue weighted by molar-refractivity contribution is -0.384. The Morgan fingerprint density at radius 2 is 2.25 bits per heavy atom. The van der Waals surface area contributed by atoms with Crippen molar-refractivity contribution in [2.24, 2.45) is 7.05 Å². The second kappa shape index (κ2) is 8.80. The van der Waals surface area contributed by atoms with Crippen LogP contribution in [0.15, 0.2) is 0 Å². The molecule has 0 aliphatic heterocycles. The van der Waals surface area contributed by atoms with E-state index in [0.29, 0.717) is 24.5 Å². The number of anilines is 1. The van der Waals surface area contributed by atoms with E-state index < -0.39 is 0 Å². The van der Waals surface area contributed by atoms with Gasteiger partial charge in [0, 0.05) is 26.0 Å². The fraction of sp³-hybridized carbons (Fsp3) is 0.750. The molecule has 0 aliphatic carbocycles. The molecule has 1 aromatic rings. The van der Waals surface area contributed by atoms with Gasteiger partial charge in [-0.15, -0.1) is 0 Å². The number of nitrogens with one attached hydrogen (secondary N) is 1. The maximum absolute atomic E-state index is 11.2. The van der Waals surface area contributed by atoms with Gasteiger partial charge in [0.25, 0.3) is 0 Å². The largest absolute Gasteiger partial charge is 0.396 e. The molecule has 0 amide bonds. The molecule has 0 aliphatic rings. The quantitative estimate of drug-likeness (QED) is 0.389. The van der Waals surface area contributed by atoms with Crippen LogP contribution in [0.1, 0.15) is 25.5 Å². The molecule has 2 N–H and O–H groups in total. The second-order valence-electron chi connectivity index (χ2n) is 4.39. The average molecular weight is 302 g/mol. The van der Waals surface area contributed by atoms with E-state index in [2.05, 4.69) is 10.4 Å². The third-order valence-corrected chi connectivity index (χ3v) is 3.82. The number of rotatable bonds is 10. The Morgan fingerprint density at radius 1 is 1.50 bits per heavy atom. The van der Waals surface area contributed by atoms with Gasteiger partial charge in [0.1, 0.15) is 5.69 Å². The fourth-order valence-corrected chi connectivity index (χ4v) is 2.66. The molecule has 1 heterocycles. The van der Waals surface area contributed by atoms with Gasteiger partial charge in [-0.1, -0.05) is 13.3 Å². The number of hydrogen-bond acceptors (Lipinski definition) is 6. The Hall–Kier alpha value is -1.28. The van der Waals surface area contributed by atoms with Crippen molar-refractivity contribution in [2.75, 3.05) is 30.0 Å². The zero-order valence-electron chi connectivity index (χ0n) is 12.0. The van der Waals surface area contributed by atoms with Crippen molar-refractivity contribution >= 4 is 23.3 Å². The van der Waals surface area contributed by atoms with Gasteiger partial charge in [0.05, 0.1) is 4.92 Å². The molecule has 0 spiro atoms. The Balaban J connectivity index is 2.62. The minimum absolute atomic E-state index is 0.0923. The first kappa shape index (κ1) is 16.8. The number of nitro groups is 1. The fourth-order valence-electron chi connectivity index (χ4n) is 1.87. The van der Waals surface area contributed by atoms with Crippen LogP contribution in [0.25, 0.3) is 0 Å². The molecule has 8 heteroatoms. The third-order valence-electron chi connectivity index (χ3n) is 2.75. The summed E-state index contributed by atoms with van der Waals surface area (Å²) in [7, 11) is 1.72. The highest BCUT2D eigenvalue weighted by molar-refractivity contribution is 7.99. The zero-order valence-corrected chi connectivity index (χ0v) is 12.8. The molecule has 0 unspecified atom stereocenters.